The maximum atomic E-state index is 13.1. The Hall–Kier alpha value is -3.01. The lowest BCUT2D eigenvalue weighted by atomic mass is 10.2. The van der Waals surface area contributed by atoms with Gasteiger partial charge in [-0.15, -0.1) is 0 Å². The minimum atomic E-state index is -0.650. The number of aromatic nitrogens is 4. The molecule has 4 N–H and O–H groups in total. The molecule has 0 atom stereocenters. The number of carbonyl (C=O) groups is 1. The molecular formula is C21H28N6O3S. The van der Waals surface area contributed by atoms with Gasteiger partial charge < -0.3 is 15.6 Å². The summed E-state index contributed by atoms with van der Waals surface area (Å²) in [4.78, 5) is 49.2. The van der Waals surface area contributed by atoms with Crippen molar-refractivity contribution in [1.82, 2.24) is 19.5 Å². The summed E-state index contributed by atoms with van der Waals surface area (Å²) in [5.41, 5.74) is 7.85. The van der Waals surface area contributed by atoms with Crippen molar-refractivity contribution in [3.8, 4) is 0 Å². The molecule has 0 aliphatic carbocycles. The summed E-state index contributed by atoms with van der Waals surface area (Å²) in [7, 11) is 0. The number of nitrogens with one attached hydrogen (secondary N) is 2. The number of hydrogen-bond donors (Lipinski definition) is 3. The fraction of sp³-hybridized carbons (Fsp3) is 0.429. The lowest BCUT2D eigenvalue weighted by Gasteiger charge is -2.24. The molecule has 0 saturated carbocycles. The van der Waals surface area contributed by atoms with Gasteiger partial charge in [-0.3, -0.25) is 19.1 Å². The molecule has 10 heteroatoms. The van der Waals surface area contributed by atoms with Crippen molar-refractivity contribution in [2.24, 2.45) is 0 Å². The van der Waals surface area contributed by atoms with E-state index in [1.807, 2.05) is 39.0 Å². The molecule has 0 bridgehead atoms. The van der Waals surface area contributed by atoms with Crippen LogP contribution in [-0.2, 0) is 11.3 Å². The Kier molecular flexibility index (Phi) is 7.21. The molecule has 2 aromatic heterocycles. The van der Waals surface area contributed by atoms with Gasteiger partial charge in [-0.25, -0.2) is 9.78 Å². The number of imidazole rings is 1. The Balaban J connectivity index is 1.88. The molecule has 0 spiro atoms. The summed E-state index contributed by atoms with van der Waals surface area (Å²) in [6.07, 6.45) is 2.21. The number of nitrogens with zero attached hydrogens (tertiary/aromatic N) is 3. The number of thioether (sulfide) groups is 1. The second-order valence-corrected chi connectivity index (χ2v) is 8.36. The van der Waals surface area contributed by atoms with Crippen molar-refractivity contribution in [1.29, 1.82) is 0 Å². The van der Waals surface area contributed by atoms with E-state index in [4.69, 9.17) is 5.73 Å². The smallest absolute Gasteiger partial charge is 0.330 e. The molecule has 1 amide bonds. The molecule has 3 rings (SSSR count). The van der Waals surface area contributed by atoms with Crippen LogP contribution in [0.1, 0.15) is 38.7 Å². The molecule has 166 valence electrons. The molecule has 0 aliphatic rings. The van der Waals surface area contributed by atoms with Crippen molar-refractivity contribution in [2.45, 2.75) is 51.7 Å². The van der Waals surface area contributed by atoms with Gasteiger partial charge in [-0.05, 0) is 37.5 Å². The van der Waals surface area contributed by atoms with Crippen LogP contribution in [0.5, 0.6) is 0 Å². The topological polar surface area (TPSA) is 130 Å². The van der Waals surface area contributed by atoms with Gasteiger partial charge in [0.2, 0.25) is 5.91 Å². The zero-order valence-electron chi connectivity index (χ0n) is 18.0. The van der Waals surface area contributed by atoms with E-state index in [9.17, 15) is 14.4 Å². The Morgan fingerprint density at radius 3 is 2.71 bits per heavy atom. The average molecular weight is 445 g/mol. The first kappa shape index (κ1) is 22.7. The van der Waals surface area contributed by atoms with Gasteiger partial charge in [0.25, 0.3) is 5.56 Å². The summed E-state index contributed by atoms with van der Waals surface area (Å²) in [6, 6.07) is 5.91. The zero-order valence-corrected chi connectivity index (χ0v) is 18.8. The number of H-pyrrole nitrogens is 2. The third-order valence-corrected chi connectivity index (χ3v) is 5.77. The number of anilines is 2. The number of carbonyl (C=O) groups excluding carboxylic acids is 1. The molecule has 0 radical (unpaired) electrons. The van der Waals surface area contributed by atoms with Gasteiger partial charge in [0, 0.05) is 13.1 Å². The number of nitrogens with two attached hydrogens (primary N) is 1. The van der Waals surface area contributed by atoms with Crippen LogP contribution < -0.4 is 21.9 Å². The fourth-order valence-corrected chi connectivity index (χ4v) is 4.10. The summed E-state index contributed by atoms with van der Waals surface area (Å²) in [5.74, 6) is -0.174. The summed E-state index contributed by atoms with van der Waals surface area (Å²) in [6.45, 7) is 6.61. The van der Waals surface area contributed by atoms with E-state index >= 15 is 0 Å². The molecule has 1 aromatic carbocycles. The third kappa shape index (κ3) is 5.01. The molecule has 0 aliphatic heterocycles. The normalized spacial score (nSPS) is 11.2. The Labute approximate surface area is 184 Å². The van der Waals surface area contributed by atoms with Crippen LogP contribution in [0.2, 0.25) is 0 Å². The molecular weight excluding hydrogens is 416 g/mol. The number of benzene rings is 1. The standard InChI is InChI=1S/C21H28N6O3S/c1-4-6-10-26(17-18(22)27(9-5-2)21(30)25-19(17)29)16(28)12-31-20-23-14-8-7-13(3)11-15(14)24-20/h7-8,11H,4-6,9-10,12,22H2,1-3H3,(H,23,24)(H,25,29,30). The lowest BCUT2D eigenvalue weighted by Crippen LogP contribution is -2.42. The van der Waals surface area contributed by atoms with E-state index in [1.165, 1.54) is 21.2 Å². The predicted octanol–water partition coefficient (Wildman–Crippen LogP) is 2.64. The maximum absolute atomic E-state index is 13.1. The van der Waals surface area contributed by atoms with Crippen LogP contribution in [0.25, 0.3) is 11.0 Å². The largest absolute Gasteiger partial charge is 0.383 e. The number of rotatable bonds is 9. The van der Waals surface area contributed by atoms with Gasteiger partial charge in [0.15, 0.2) is 10.8 Å². The third-order valence-electron chi connectivity index (χ3n) is 4.92. The van der Waals surface area contributed by atoms with Crippen LogP contribution in [0.3, 0.4) is 0 Å². The molecule has 9 nitrogen and oxygen atoms in total. The van der Waals surface area contributed by atoms with Crippen LogP contribution in [0.4, 0.5) is 11.5 Å². The first-order valence-corrected chi connectivity index (χ1v) is 11.4. The van der Waals surface area contributed by atoms with Crippen molar-refractivity contribution in [3.63, 3.8) is 0 Å². The molecule has 0 fully saturated rings. The highest BCUT2D eigenvalue weighted by molar-refractivity contribution is 7.99. The lowest BCUT2D eigenvalue weighted by molar-refractivity contribution is -0.116. The predicted molar refractivity (Wildman–Crippen MR) is 125 cm³/mol. The zero-order chi connectivity index (χ0) is 22.5. The number of nitrogen functional groups attached to an aromatic ring is 1. The molecule has 0 saturated heterocycles. The first-order valence-electron chi connectivity index (χ1n) is 10.4. The number of fused-ring (bicyclic) bond motifs is 1. The summed E-state index contributed by atoms with van der Waals surface area (Å²) >= 11 is 1.27. The highest BCUT2D eigenvalue weighted by Crippen LogP contribution is 2.23. The van der Waals surface area contributed by atoms with Crippen LogP contribution in [0, 0.1) is 6.92 Å². The van der Waals surface area contributed by atoms with Gasteiger partial charge in [-0.2, -0.15) is 0 Å². The van der Waals surface area contributed by atoms with Crippen molar-refractivity contribution < 1.29 is 4.79 Å². The Bertz CT molecular complexity index is 1200. The van der Waals surface area contributed by atoms with Crippen LogP contribution in [0.15, 0.2) is 32.9 Å². The van der Waals surface area contributed by atoms with Gasteiger partial charge in [-0.1, -0.05) is 38.1 Å². The average Bonchev–Trinajstić information content (AvgIpc) is 3.13. The van der Waals surface area contributed by atoms with E-state index in [0.717, 1.165) is 23.0 Å². The number of aromatic amines is 2. The van der Waals surface area contributed by atoms with E-state index < -0.39 is 11.2 Å². The Morgan fingerprint density at radius 1 is 1.23 bits per heavy atom. The van der Waals surface area contributed by atoms with E-state index in [0.29, 0.717) is 31.1 Å². The molecule has 31 heavy (non-hydrogen) atoms. The summed E-state index contributed by atoms with van der Waals surface area (Å²) in [5, 5.41) is 0.627. The van der Waals surface area contributed by atoms with E-state index in [-0.39, 0.29) is 23.2 Å². The minimum Gasteiger partial charge on any atom is -0.383 e. The maximum Gasteiger partial charge on any atom is 0.330 e. The number of unbranched alkanes of at least 4 members (excludes halogenated alkanes) is 1. The Morgan fingerprint density at radius 2 is 2.00 bits per heavy atom. The highest BCUT2D eigenvalue weighted by atomic mass is 32.2. The molecule has 0 unspecified atom stereocenters. The highest BCUT2D eigenvalue weighted by Gasteiger charge is 2.24. The van der Waals surface area contributed by atoms with Crippen LogP contribution >= 0.6 is 11.8 Å². The van der Waals surface area contributed by atoms with Crippen molar-refractivity contribution in [2.75, 3.05) is 22.9 Å². The molecule has 2 heterocycles. The SMILES string of the molecule is CCCCN(C(=O)CSc1nc2ccc(C)cc2[nH]1)c1c(N)n(CCC)c(=O)[nH]c1=O. The first-order chi connectivity index (χ1) is 14.8. The minimum absolute atomic E-state index is 0.0178. The monoisotopic (exact) mass is 444 g/mol. The number of aryl methyl sites for hydroxylation is 1. The number of hydrogen-bond acceptors (Lipinski definition) is 6. The molecule has 3 aromatic rings. The van der Waals surface area contributed by atoms with Crippen LogP contribution in [-0.4, -0.2) is 37.7 Å². The van der Waals surface area contributed by atoms with E-state index in [1.54, 1.807) is 0 Å². The van der Waals surface area contributed by atoms with Gasteiger partial charge >= 0.3 is 5.69 Å². The number of amides is 1. The second kappa shape index (κ2) is 9.86. The van der Waals surface area contributed by atoms with E-state index in [2.05, 4.69) is 15.0 Å². The van der Waals surface area contributed by atoms with Gasteiger partial charge in [0.05, 0.1) is 16.8 Å². The quantitative estimate of drug-likeness (QED) is 0.435. The summed E-state index contributed by atoms with van der Waals surface area (Å²) < 4.78 is 1.30. The van der Waals surface area contributed by atoms with Crippen molar-refractivity contribution in [3.05, 3.63) is 44.6 Å². The van der Waals surface area contributed by atoms with Crippen molar-refractivity contribution >= 4 is 40.2 Å². The second-order valence-electron chi connectivity index (χ2n) is 7.39. The fourth-order valence-electron chi connectivity index (χ4n) is 3.34. The van der Waals surface area contributed by atoms with Gasteiger partial charge in [0.1, 0.15) is 5.82 Å².